The summed E-state index contributed by atoms with van der Waals surface area (Å²) in [7, 11) is 2.31. The predicted molar refractivity (Wildman–Crippen MR) is 71.2 cm³/mol. The van der Waals surface area contributed by atoms with Crippen LogP contribution in [0.1, 0.15) is 44.9 Å². The van der Waals surface area contributed by atoms with Gasteiger partial charge in [-0.1, -0.05) is 12.8 Å². The van der Waals surface area contributed by atoms with E-state index in [0.717, 1.165) is 18.5 Å². The monoisotopic (exact) mass is 240 g/mol. The number of likely N-dealkylation sites (tertiary alicyclic amines) is 1. The fourth-order valence-electron chi connectivity index (χ4n) is 3.38. The van der Waals surface area contributed by atoms with Crippen LogP contribution in [0.4, 0.5) is 0 Å². The van der Waals surface area contributed by atoms with E-state index in [-0.39, 0.29) is 0 Å². The molecule has 2 aliphatic heterocycles. The first kappa shape index (κ1) is 13.3. The van der Waals surface area contributed by atoms with Crippen LogP contribution in [0.15, 0.2) is 0 Å². The molecular weight excluding hydrogens is 212 g/mol. The van der Waals surface area contributed by atoms with Gasteiger partial charge in [0.05, 0.1) is 0 Å². The van der Waals surface area contributed by atoms with Crippen LogP contribution < -0.4 is 0 Å². The SMILES string of the molecule is CN1C2CCC1CN(CCCCCCO)CC2. The largest absolute Gasteiger partial charge is 0.396 e. The second-order valence-electron chi connectivity index (χ2n) is 5.78. The molecule has 0 amide bonds. The van der Waals surface area contributed by atoms with Crippen molar-refractivity contribution in [2.24, 2.45) is 0 Å². The molecule has 3 nitrogen and oxygen atoms in total. The molecule has 0 aliphatic carbocycles. The number of hydrogen-bond donors (Lipinski definition) is 1. The number of nitrogens with zero attached hydrogens (tertiary/aromatic N) is 2. The van der Waals surface area contributed by atoms with Gasteiger partial charge in [0.15, 0.2) is 0 Å². The lowest BCUT2D eigenvalue weighted by Crippen LogP contribution is -2.37. The highest BCUT2D eigenvalue weighted by molar-refractivity contribution is 4.90. The molecule has 2 aliphatic rings. The molecule has 0 spiro atoms. The summed E-state index contributed by atoms with van der Waals surface area (Å²) >= 11 is 0. The second-order valence-corrected chi connectivity index (χ2v) is 5.78. The van der Waals surface area contributed by atoms with Crippen LogP contribution in [-0.4, -0.2) is 60.3 Å². The van der Waals surface area contributed by atoms with Crippen molar-refractivity contribution in [3.05, 3.63) is 0 Å². The highest BCUT2D eigenvalue weighted by Gasteiger charge is 2.34. The van der Waals surface area contributed by atoms with Crippen molar-refractivity contribution >= 4 is 0 Å². The summed E-state index contributed by atoms with van der Waals surface area (Å²) in [6, 6.07) is 1.68. The first-order valence-electron chi connectivity index (χ1n) is 7.36. The fraction of sp³-hybridized carbons (Fsp3) is 1.00. The van der Waals surface area contributed by atoms with Crippen LogP contribution in [0.2, 0.25) is 0 Å². The van der Waals surface area contributed by atoms with E-state index in [1.165, 1.54) is 58.2 Å². The highest BCUT2D eigenvalue weighted by Crippen LogP contribution is 2.28. The zero-order valence-electron chi connectivity index (χ0n) is 11.3. The molecule has 0 radical (unpaired) electrons. The molecule has 100 valence electrons. The van der Waals surface area contributed by atoms with E-state index in [0.29, 0.717) is 6.61 Å². The molecule has 0 aromatic heterocycles. The van der Waals surface area contributed by atoms with Gasteiger partial charge in [-0.15, -0.1) is 0 Å². The maximum absolute atomic E-state index is 8.74. The maximum atomic E-state index is 8.74. The highest BCUT2D eigenvalue weighted by atomic mass is 16.2. The Labute approximate surface area is 106 Å². The zero-order valence-corrected chi connectivity index (χ0v) is 11.3. The standard InChI is InChI=1S/C14H28N2O/c1-15-13-6-7-14(15)12-16(10-8-13)9-4-2-3-5-11-17/h13-14,17H,2-12H2,1H3. The molecule has 3 heteroatoms. The van der Waals surface area contributed by atoms with E-state index in [1.54, 1.807) is 0 Å². The van der Waals surface area contributed by atoms with Crippen LogP contribution in [0, 0.1) is 0 Å². The minimum absolute atomic E-state index is 0.359. The van der Waals surface area contributed by atoms with Gasteiger partial charge in [0.25, 0.3) is 0 Å². The third-order valence-corrected chi connectivity index (χ3v) is 4.62. The average molecular weight is 240 g/mol. The van der Waals surface area contributed by atoms with Crippen LogP contribution in [-0.2, 0) is 0 Å². The van der Waals surface area contributed by atoms with Crippen molar-refractivity contribution in [3.8, 4) is 0 Å². The molecule has 2 rings (SSSR count). The number of rotatable bonds is 6. The number of fused-ring (bicyclic) bond motifs is 2. The normalized spacial score (nSPS) is 30.7. The molecule has 2 atom stereocenters. The van der Waals surface area contributed by atoms with Gasteiger partial charge in [0.2, 0.25) is 0 Å². The van der Waals surface area contributed by atoms with E-state index >= 15 is 0 Å². The number of unbranched alkanes of at least 4 members (excludes halogenated alkanes) is 3. The second kappa shape index (κ2) is 6.72. The lowest BCUT2D eigenvalue weighted by molar-refractivity contribution is 0.215. The molecule has 0 aromatic rings. The summed E-state index contributed by atoms with van der Waals surface area (Å²) in [6.45, 7) is 4.21. The third kappa shape index (κ3) is 3.67. The van der Waals surface area contributed by atoms with E-state index in [2.05, 4.69) is 16.8 Å². The molecule has 1 N–H and O–H groups in total. The Morgan fingerprint density at radius 1 is 1.00 bits per heavy atom. The molecule has 2 unspecified atom stereocenters. The number of aliphatic hydroxyl groups is 1. The molecule has 2 saturated heterocycles. The minimum atomic E-state index is 0.359. The Morgan fingerprint density at radius 3 is 2.59 bits per heavy atom. The van der Waals surface area contributed by atoms with E-state index in [9.17, 15) is 0 Å². The summed E-state index contributed by atoms with van der Waals surface area (Å²) in [5.41, 5.74) is 0. The van der Waals surface area contributed by atoms with E-state index < -0.39 is 0 Å². The molecule has 17 heavy (non-hydrogen) atoms. The minimum Gasteiger partial charge on any atom is -0.396 e. The summed E-state index contributed by atoms with van der Waals surface area (Å²) in [5, 5.41) is 8.74. The summed E-state index contributed by atoms with van der Waals surface area (Å²) < 4.78 is 0. The van der Waals surface area contributed by atoms with Crippen molar-refractivity contribution in [3.63, 3.8) is 0 Å². The molecular formula is C14H28N2O. The zero-order chi connectivity index (χ0) is 12.1. The Balaban J connectivity index is 1.65. The van der Waals surface area contributed by atoms with Crippen LogP contribution >= 0.6 is 0 Å². The van der Waals surface area contributed by atoms with Gasteiger partial charge >= 0.3 is 0 Å². The molecule has 2 fully saturated rings. The topological polar surface area (TPSA) is 26.7 Å². The van der Waals surface area contributed by atoms with Gasteiger partial charge in [0, 0.05) is 25.2 Å². The van der Waals surface area contributed by atoms with Gasteiger partial charge in [0.1, 0.15) is 0 Å². The van der Waals surface area contributed by atoms with Crippen molar-refractivity contribution in [2.45, 2.75) is 57.0 Å². The summed E-state index contributed by atoms with van der Waals surface area (Å²) in [4.78, 5) is 5.28. The molecule has 0 aromatic carbocycles. The van der Waals surface area contributed by atoms with Crippen molar-refractivity contribution < 1.29 is 5.11 Å². The predicted octanol–water partition coefficient (Wildman–Crippen LogP) is 1.71. The van der Waals surface area contributed by atoms with Crippen LogP contribution in [0.25, 0.3) is 0 Å². The molecule has 2 bridgehead atoms. The molecule has 2 heterocycles. The van der Waals surface area contributed by atoms with E-state index in [4.69, 9.17) is 5.11 Å². The Morgan fingerprint density at radius 2 is 1.76 bits per heavy atom. The van der Waals surface area contributed by atoms with Crippen LogP contribution in [0.3, 0.4) is 0 Å². The van der Waals surface area contributed by atoms with Gasteiger partial charge in [-0.25, -0.2) is 0 Å². The van der Waals surface area contributed by atoms with Gasteiger partial charge in [-0.05, 0) is 52.2 Å². The molecule has 0 saturated carbocycles. The summed E-state index contributed by atoms with van der Waals surface area (Å²) in [6.07, 6.45) is 8.95. The Bertz CT molecular complexity index is 222. The van der Waals surface area contributed by atoms with Crippen molar-refractivity contribution in [1.29, 1.82) is 0 Å². The Hall–Kier alpha value is -0.120. The lowest BCUT2D eigenvalue weighted by Gasteiger charge is -2.25. The number of hydrogen-bond acceptors (Lipinski definition) is 3. The van der Waals surface area contributed by atoms with Crippen molar-refractivity contribution in [1.82, 2.24) is 9.80 Å². The fourth-order valence-corrected chi connectivity index (χ4v) is 3.38. The van der Waals surface area contributed by atoms with Gasteiger partial charge in [-0.2, -0.15) is 0 Å². The maximum Gasteiger partial charge on any atom is 0.0431 e. The summed E-state index contributed by atoms with van der Waals surface area (Å²) in [5.74, 6) is 0. The quantitative estimate of drug-likeness (QED) is 0.716. The smallest absolute Gasteiger partial charge is 0.0431 e. The first-order valence-corrected chi connectivity index (χ1v) is 7.36. The first-order chi connectivity index (χ1) is 8.31. The van der Waals surface area contributed by atoms with Crippen molar-refractivity contribution in [2.75, 3.05) is 33.3 Å². The third-order valence-electron chi connectivity index (χ3n) is 4.62. The Kier molecular flexibility index (Phi) is 5.26. The number of aliphatic hydroxyl groups excluding tert-OH is 1. The van der Waals surface area contributed by atoms with E-state index in [1.807, 2.05) is 0 Å². The van der Waals surface area contributed by atoms with Gasteiger partial charge in [-0.3, -0.25) is 4.90 Å². The lowest BCUT2D eigenvalue weighted by atomic mass is 10.1. The van der Waals surface area contributed by atoms with Gasteiger partial charge < -0.3 is 10.0 Å². The van der Waals surface area contributed by atoms with Crippen LogP contribution in [0.5, 0.6) is 0 Å². The number of likely N-dealkylation sites (N-methyl/N-ethyl adjacent to an activating group) is 1. The average Bonchev–Trinajstić information content (AvgIpc) is 2.56.